The number of rotatable bonds is 2. The van der Waals surface area contributed by atoms with E-state index in [1.54, 1.807) is 6.07 Å². The van der Waals surface area contributed by atoms with Crippen molar-refractivity contribution in [2.75, 3.05) is 13.2 Å². The molecule has 0 amide bonds. The zero-order valence-electron chi connectivity index (χ0n) is 15.6. The lowest BCUT2D eigenvalue weighted by Gasteiger charge is -2.20. The van der Waals surface area contributed by atoms with Crippen LogP contribution in [-0.2, 0) is 17.6 Å². The number of fused-ring (bicyclic) bond motifs is 1. The van der Waals surface area contributed by atoms with Gasteiger partial charge in [-0.25, -0.2) is 4.99 Å². The zero-order valence-corrected chi connectivity index (χ0v) is 15.6. The summed E-state index contributed by atoms with van der Waals surface area (Å²) in [6, 6.07) is 5.65. The summed E-state index contributed by atoms with van der Waals surface area (Å²) in [6.07, 6.45) is 5.05. The Morgan fingerprint density at radius 1 is 1.07 bits per heavy atom. The molecule has 0 saturated carbocycles. The number of aromatic hydroxyl groups is 1. The molecule has 0 spiro atoms. The highest BCUT2D eigenvalue weighted by atomic mass is 16.5. The fourth-order valence-corrected chi connectivity index (χ4v) is 3.86. The minimum Gasteiger partial charge on any atom is -0.507 e. The summed E-state index contributed by atoms with van der Waals surface area (Å²) < 4.78 is 5.29. The van der Waals surface area contributed by atoms with E-state index in [-0.39, 0.29) is 12.4 Å². The number of phenols is 1. The van der Waals surface area contributed by atoms with E-state index in [1.165, 1.54) is 0 Å². The molecule has 1 saturated heterocycles. The Morgan fingerprint density at radius 2 is 1.89 bits per heavy atom. The van der Waals surface area contributed by atoms with E-state index in [1.807, 2.05) is 19.1 Å². The number of ether oxygens (including phenoxy) is 1. The van der Waals surface area contributed by atoms with Gasteiger partial charge in [0.2, 0.25) is 0 Å². The average molecular weight is 367 g/mol. The Morgan fingerprint density at radius 3 is 2.67 bits per heavy atom. The largest absolute Gasteiger partial charge is 0.507 e. The van der Waals surface area contributed by atoms with E-state index in [4.69, 9.17) is 4.74 Å². The van der Waals surface area contributed by atoms with Crippen LogP contribution in [0.3, 0.4) is 0 Å². The maximum atomic E-state index is 10.4. The molecule has 6 heteroatoms. The van der Waals surface area contributed by atoms with Crippen molar-refractivity contribution < 1.29 is 14.9 Å². The normalized spacial score (nSPS) is 21.7. The molecule has 27 heavy (non-hydrogen) atoms. The number of nitrogens with zero attached hydrogens (tertiary/aromatic N) is 3. The van der Waals surface area contributed by atoms with Crippen molar-refractivity contribution in [2.45, 2.75) is 51.6 Å². The van der Waals surface area contributed by atoms with Crippen molar-refractivity contribution in [3.05, 3.63) is 34.9 Å². The van der Waals surface area contributed by atoms with Gasteiger partial charge in [0.1, 0.15) is 17.5 Å². The Balaban J connectivity index is 1.82. The van der Waals surface area contributed by atoms with Gasteiger partial charge in [0.15, 0.2) is 5.82 Å². The molecular formula is C21H25N3O3. The first-order valence-electron chi connectivity index (χ1n) is 9.65. The van der Waals surface area contributed by atoms with E-state index in [0.29, 0.717) is 24.6 Å². The van der Waals surface area contributed by atoms with Gasteiger partial charge >= 0.3 is 0 Å². The van der Waals surface area contributed by atoms with Gasteiger partial charge < -0.3 is 14.9 Å². The van der Waals surface area contributed by atoms with Crippen LogP contribution >= 0.6 is 0 Å². The fraction of sp³-hybridized carbons (Fsp3) is 0.476. The highest BCUT2D eigenvalue weighted by Crippen LogP contribution is 2.37. The molecule has 0 radical (unpaired) electrons. The molecule has 142 valence electrons. The average Bonchev–Trinajstić information content (AvgIpc) is 2.91. The third-order valence-electron chi connectivity index (χ3n) is 5.34. The molecule has 2 aromatic rings. The van der Waals surface area contributed by atoms with Crippen LogP contribution in [0.5, 0.6) is 5.75 Å². The highest BCUT2D eigenvalue weighted by molar-refractivity contribution is 5.91. The standard InChI is InChI=1S/C21H25N3O3/c1-13-7-8-16(18(25)11-13)20-14-5-3-2-4-6-15(14)21(24-23-20)22-17-9-10-27-12-19(17)26/h7-8,11,19,25-26H,2-6,9-10,12H2,1H3/b22-17+. The highest BCUT2D eigenvalue weighted by Gasteiger charge is 2.23. The lowest BCUT2D eigenvalue weighted by molar-refractivity contribution is 0.0528. The SMILES string of the molecule is Cc1ccc(-c2nnc(/N=C3\CCOCC3O)c3c2CCCCC3)c(O)c1. The van der Waals surface area contributed by atoms with Crippen molar-refractivity contribution >= 4 is 11.5 Å². The Labute approximate surface area is 158 Å². The van der Waals surface area contributed by atoms with Gasteiger partial charge in [-0.05, 0) is 55.9 Å². The van der Waals surface area contributed by atoms with Crippen molar-refractivity contribution in [1.29, 1.82) is 0 Å². The lowest BCUT2D eigenvalue weighted by Crippen LogP contribution is -2.32. The number of aliphatic imine (C=N–C) groups is 1. The summed E-state index contributed by atoms with van der Waals surface area (Å²) in [7, 11) is 0. The quantitative estimate of drug-likeness (QED) is 0.796. The summed E-state index contributed by atoms with van der Waals surface area (Å²) in [5, 5.41) is 29.4. The molecule has 1 unspecified atom stereocenters. The molecule has 1 aliphatic heterocycles. The van der Waals surface area contributed by atoms with Crippen LogP contribution in [0.25, 0.3) is 11.3 Å². The molecule has 4 rings (SSSR count). The Hall–Kier alpha value is -2.31. The molecule has 6 nitrogen and oxygen atoms in total. The molecular weight excluding hydrogens is 342 g/mol. The number of aliphatic hydroxyl groups is 1. The molecule has 1 aromatic carbocycles. The first-order chi connectivity index (χ1) is 13.1. The fourth-order valence-electron chi connectivity index (χ4n) is 3.86. The summed E-state index contributed by atoms with van der Waals surface area (Å²) in [5.74, 6) is 0.841. The maximum absolute atomic E-state index is 10.4. The van der Waals surface area contributed by atoms with E-state index in [2.05, 4.69) is 15.2 Å². The third kappa shape index (κ3) is 3.73. The first kappa shape index (κ1) is 18.1. The van der Waals surface area contributed by atoms with Gasteiger partial charge in [0.25, 0.3) is 0 Å². The topological polar surface area (TPSA) is 87.8 Å². The predicted octanol–water partition coefficient (Wildman–Crippen LogP) is 3.28. The summed E-state index contributed by atoms with van der Waals surface area (Å²) in [5.41, 5.74) is 5.42. The zero-order chi connectivity index (χ0) is 18.8. The maximum Gasteiger partial charge on any atom is 0.178 e. The van der Waals surface area contributed by atoms with Crippen LogP contribution < -0.4 is 0 Å². The number of hydrogen-bond acceptors (Lipinski definition) is 6. The van der Waals surface area contributed by atoms with Crippen molar-refractivity contribution in [2.24, 2.45) is 4.99 Å². The minimum atomic E-state index is -0.678. The van der Waals surface area contributed by atoms with Gasteiger partial charge in [0, 0.05) is 17.5 Å². The van der Waals surface area contributed by atoms with E-state index in [9.17, 15) is 10.2 Å². The number of aliphatic hydroxyl groups excluding tert-OH is 1. The second-order valence-corrected chi connectivity index (χ2v) is 7.35. The predicted molar refractivity (Wildman–Crippen MR) is 104 cm³/mol. The van der Waals surface area contributed by atoms with E-state index in [0.717, 1.165) is 60.1 Å². The van der Waals surface area contributed by atoms with Crippen molar-refractivity contribution in [3.63, 3.8) is 0 Å². The van der Waals surface area contributed by atoms with Crippen LogP contribution in [0, 0.1) is 6.92 Å². The number of aryl methyl sites for hydroxylation is 1. The second kappa shape index (κ2) is 7.74. The van der Waals surface area contributed by atoms with Crippen molar-refractivity contribution in [1.82, 2.24) is 10.2 Å². The molecule has 2 heterocycles. The summed E-state index contributed by atoms with van der Waals surface area (Å²) >= 11 is 0. The number of phenolic OH excluding ortho intramolecular Hbond substituents is 1. The van der Waals surface area contributed by atoms with Gasteiger partial charge in [0.05, 0.1) is 18.9 Å². The monoisotopic (exact) mass is 367 g/mol. The van der Waals surface area contributed by atoms with Gasteiger partial charge in [-0.2, -0.15) is 0 Å². The minimum absolute atomic E-state index is 0.231. The van der Waals surface area contributed by atoms with Crippen LogP contribution in [0.15, 0.2) is 23.2 Å². The molecule has 1 atom stereocenters. The third-order valence-corrected chi connectivity index (χ3v) is 5.34. The van der Waals surface area contributed by atoms with E-state index >= 15 is 0 Å². The first-order valence-corrected chi connectivity index (χ1v) is 9.65. The van der Waals surface area contributed by atoms with E-state index < -0.39 is 6.10 Å². The molecule has 1 fully saturated rings. The van der Waals surface area contributed by atoms with Crippen LogP contribution in [-0.4, -0.2) is 45.4 Å². The van der Waals surface area contributed by atoms with Crippen LogP contribution in [0.1, 0.15) is 42.4 Å². The summed E-state index contributed by atoms with van der Waals surface area (Å²) in [6.45, 7) is 2.80. The Kier molecular flexibility index (Phi) is 5.18. The molecule has 1 aliphatic carbocycles. The van der Waals surface area contributed by atoms with Gasteiger partial charge in [-0.1, -0.05) is 12.5 Å². The van der Waals surface area contributed by atoms with Gasteiger partial charge in [-0.3, -0.25) is 0 Å². The number of benzene rings is 1. The molecule has 2 aliphatic rings. The Bertz CT molecular complexity index is 879. The smallest absolute Gasteiger partial charge is 0.178 e. The number of aromatic nitrogens is 2. The lowest BCUT2D eigenvalue weighted by atomic mass is 9.97. The van der Waals surface area contributed by atoms with Crippen molar-refractivity contribution in [3.8, 4) is 17.0 Å². The summed E-state index contributed by atoms with van der Waals surface area (Å²) in [4.78, 5) is 4.68. The second-order valence-electron chi connectivity index (χ2n) is 7.35. The molecule has 1 aromatic heterocycles. The van der Waals surface area contributed by atoms with Gasteiger partial charge in [-0.15, -0.1) is 10.2 Å². The molecule has 0 bridgehead atoms. The number of hydrogen-bond donors (Lipinski definition) is 2. The van der Waals surface area contributed by atoms with Crippen LogP contribution in [0.4, 0.5) is 5.82 Å². The van der Waals surface area contributed by atoms with Crippen LogP contribution in [0.2, 0.25) is 0 Å². The molecule has 2 N–H and O–H groups in total.